The zero-order chi connectivity index (χ0) is 30.9. The van der Waals surface area contributed by atoms with Gasteiger partial charge in [-0.25, -0.2) is 8.42 Å². The average Bonchev–Trinajstić information content (AvgIpc) is 2.93. The minimum atomic E-state index is -3.68. The van der Waals surface area contributed by atoms with Crippen LogP contribution in [0.2, 0.25) is 10.0 Å². The summed E-state index contributed by atoms with van der Waals surface area (Å²) in [6.45, 7) is 3.97. The van der Waals surface area contributed by atoms with E-state index in [1.807, 2.05) is 56.3 Å². The van der Waals surface area contributed by atoms with Gasteiger partial charge in [0.15, 0.2) is 0 Å². The lowest BCUT2D eigenvalue weighted by atomic mass is 10.0. The van der Waals surface area contributed by atoms with Crippen LogP contribution >= 0.6 is 23.2 Å². The maximum Gasteiger partial charge on any atom is 0.243 e. The van der Waals surface area contributed by atoms with Gasteiger partial charge in [-0.3, -0.25) is 13.9 Å². The van der Waals surface area contributed by atoms with Gasteiger partial charge in [0, 0.05) is 37.0 Å². The second-order valence-corrected chi connectivity index (χ2v) is 13.0. The molecule has 3 aromatic rings. The predicted molar refractivity (Wildman–Crippen MR) is 169 cm³/mol. The molecule has 0 unspecified atom stereocenters. The molecule has 0 saturated carbocycles. The van der Waals surface area contributed by atoms with Crippen LogP contribution in [0.25, 0.3) is 0 Å². The molecular formula is C31H37Cl2N3O5S. The number of rotatable bonds is 14. The molecule has 0 fully saturated rings. The number of amides is 2. The molecule has 0 heterocycles. The van der Waals surface area contributed by atoms with Crippen LogP contribution in [0, 0.1) is 0 Å². The zero-order valence-corrected chi connectivity index (χ0v) is 26.5. The summed E-state index contributed by atoms with van der Waals surface area (Å²) in [5, 5.41) is 3.80. The molecule has 3 rings (SSSR count). The molecule has 11 heteroatoms. The molecule has 8 nitrogen and oxygen atoms in total. The molecule has 226 valence electrons. The van der Waals surface area contributed by atoms with Crippen molar-refractivity contribution in [1.29, 1.82) is 0 Å². The molecule has 0 spiro atoms. The third-order valence-electron chi connectivity index (χ3n) is 6.54. The topological polar surface area (TPSA) is 96.0 Å². The number of ether oxygens (including phenoxy) is 1. The summed E-state index contributed by atoms with van der Waals surface area (Å²) in [7, 11) is -2.20. The van der Waals surface area contributed by atoms with Crippen LogP contribution in [-0.4, -0.2) is 57.1 Å². The lowest BCUT2D eigenvalue weighted by molar-refractivity contribution is -0.141. The van der Waals surface area contributed by atoms with Crippen LogP contribution in [0.15, 0.2) is 72.8 Å². The number of nitrogens with one attached hydrogen (secondary N) is 1. The van der Waals surface area contributed by atoms with Crippen LogP contribution in [0.1, 0.15) is 37.8 Å². The third-order valence-corrected chi connectivity index (χ3v) is 8.29. The van der Waals surface area contributed by atoms with Gasteiger partial charge in [-0.2, -0.15) is 0 Å². The summed E-state index contributed by atoms with van der Waals surface area (Å²) in [4.78, 5) is 28.9. The first-order chi connectivity index (χ1) is 19.9. The van der Waals surface area contributed by atoms with Crippen LogP contribution in [0.3, 0.4) is 0 Å². The fourth-order valence-electron chi connectivity index (χ4n) is 4.54. The van der Waals surface area contributed by atoms with Crippen LogP contribution < -0.4 is 14.4 Å². The SMILES string of the molecule is COc1ccc(N(CCCC(=O)N(Cc2ccc(Cl)cc2)[C@H](Cc2ccccc2)C(=O)NC(C)C)S(C)(=O)=O)cc1Cl. The first kappa shape index (κ1) is 33.2. The van der Waals surface area contributed by atoms with Gasteiger partial charge in [-0.05, 0) is 61.7 Å². The molecular weight excluding hydrogens is 597 g/mol. The summed E-state index contributed by atoms with van der Waals surface area (Å²) < 4.78 is 31.7. The molecule has 42 heavy (non-hydrogen) atoms. The Hall–Kier alpha value is -3.27. The summed E-state index contributed by atoms with van der Waals surface area (Å²) in [6.07, 6.45) is 1.66. The largest absolute Gasteiger partial charge is 0.495 e. The Morgan fingerprint density at radius 3 is 2.19 bits per heavy atom. The molecule has 0 bridgehead atoms. The number of sulfonamides is 1. The highest BCUT2D eigenvalue weighted by atomic mass is 35.5. The summed E-state index contributed by atoms with van der Waals surface area (Å²) in [5.41, 5.74) is 2.09. The Kier molecular flexibility index (Phi) is 12.1. The molecule has 1 atom stereocenters. The monoisotopic (exact) mass is 633 g/mol. The highest BCUT2D eigenvalue weighted by Crippen LogP contribution is 2.30. The smallest absolute Gasteiger partial charge is 0.243 e. The molecule has 2 amide bonds. The Morgan fingerprint density at radius 2 is 1.62 bits per heavy atom. The normalized spacial score (nSPS) is 12.1. The van der Waals surface area contributed by atoms with Crippen molar-refractivity contribution in [2.75, 3.05) is 24.2 Å². The Bertz CT molecular complexity index is 1450. The van der Waals surface area contributed by atoms with Crippen molar-refractivity contribution < 1.29 is 22.7 Å². The molecule has 0 radical (unpaired) electrons. The van der Waals surface area contributed by atoms with E-state index >= 15 is 0 Å². The fourth-order valence-corrected chi connectivity index (χ4v) is 5.87. The van der Waals surface area contributed by atoms with E-state index in [-0.39, 0.29) is 48.8 Å². The van der Waals surface area contributed by atoms with E-state index in [0.29, 0.717) is 22.9 Å². The van der Waals surface area contributed by atoms with Gasteiger partial charge in [0.05, 0.1) is 24.1 Å². The van der Waals surface area contributed by atoms with Crippen molar-refractivity contribution in [3.05, 3.63) is 94.0 Å². The molecule has 0 aliphatic heterocycles. The Labute approximate surface area is 258 Å². The molecule has 0 aromatic heterocycles. The standard InChI is InChI=1S/C31H37Cl2N3O5S/c1-22(2)34-31(38)28(19-23-9-6-5-7-10-23)35(21-24-12-14-25(32)15-13-24)30(37)11-8-18-36(42(4,39)40)26-16-17-29(41-3)27(33)20-26/h5-7,9-10,12-17,20,22,28H,8,11,18-19,21H2,1-4H3,(H,34,38)/t28-/m1/s1. The molecule has 0 aliphatic carbocycles. The maximum absolute atomic E-state index is 13.9. The summed E-state index contributed by atoms with van der Waals surface area (Å²) in [5.74, 6) is -0.112. The van der Waals surface area contributed by atoms with Crippen LogP contribution in [0.4, 0.5) is 5.69 Å². The van der Waals surface area contributed by atoms with Gasteiger partial charge < -0.3 is 15.0 Å². The van der Waals surface area contributed by atoms with Gasteiger partial charge in [-0.1, -0.05) is 65.7 Å². The van der Waals surface area contributed by atoms with E-state index in [4.69, 9.17) is 27.9 Å². The minimum Gasteiger partial charge on any atom is -0.495 e. The van der Waals surface area contributed by atoms with Crippen molar-refractivity contribution in [2.45, 2.75) is 51.7 Å². The Balaban J connectivity index is 1.88. The number of nitrogens with zero attached hydrogens (tertiary/aromatic N) is 2. The highest BCUT2D eigenvalue weighted by molar-refractivity contribution is 7.92. The second-order valence-electron chi connectivity index (χ2n) is 10.3. The first-order valence-corrected chi connectivity index (χ1v) is 16.2. The first-order valence-electron chi connectivity index (χ1n) is 13.6. The van der Waals surface area contributed by atoms with Gasteiger partial charge >= 0.3 is 0 Å². The Morgan fingerprint density at radius 1 is 0.952 bits per heavy atom. The van der Waals surface area contributed by atoms with E-state index in [0.717, 1.165) is 17.4 Å². The fraction of sp³-hybridized carbons (Fsp3) is 0.355. The van der Waals surface area contributed by atoms with Crippen molar-refractivity contribution >= 4 is 50.7 Å². The summed E-state index contributed by atoms with van der Waals surface area (Å²) in [6, 6.07) is 20.4. The van der Waals surface area contributed by atoms with E-state index in [1.54, 1.807) is 29.2 Å². The number of carbonyl (C=O) groups is 2. The third kappa shape index (κ3) is 9.64. The number of hydrogen-bond acceptors (Lipinski definition) is 5. The highest BCUT2D eigenvalue weighted by Gasteiger charge is 2.31. The quantitative estimate of drug-likeness (QED) is 0.245. The number of carbonyl (C=O) groups excluding carboxylic acids is 2. The lowest BCUT2D eigenvalue weighted by Crippen LogP contribution is -2.51. The van der Waals surface area contributed by atoms with Gasteiger partial charge in [0.1, 0.15) is 11.8 Å². The minimum absolute atomic E-state index is 0.0176. The van der Waals surface area contributed by atoms with Crippen molar-refractivity contribution in [1.82, 2.24) is 10.2 Å². The van der Waals surface area contributed by atoms with Gasteiger partial charge in [-0.15, -0.1) is 0 Å². The van der Waals surface area contributed by atoms with Crippen molar-refractivity contribution in [2.24, 2.45) is 0 Å². The van der Waals surface area contributed by atoms with E-state index < -0.39 is 16.1 Å². The second kappa shape index (κ2) is 15.3. The van der Waals surface area contributed by atoms with Gasteiger partial charge in [0.25, 0.3) is 0 Å². The van der Waals surface area contributed by atoms with Crippen molar-refractivity contribution in [3.63, 3.8) is 0 Å². The number of hydrogen-bond donors (Lipinski definition) is 1. The predicted octanol–water partition coefficient (Wildman–Crippen LogP) is 5.71. The number of halogens is 2. The number of benzene rings is 3. The van der Waals surface area contributed by atoms with Crippen molar-refractivity contribution in [3.8, 4) is 5.75 Å². The lowest BCUT2D eigenvalue weighted by Gasteiger charge is -2.32. The average molecular weight is 635 g/mol. The van der Waals surface area contributed by atoms with E-state index in [2.05, 4.69) is 5.32 Å². The molecule has 0 aliphatic rings. The van der Waals surface area contributed by atoms with E-state index in [1.165, 1.54) is 17.5 Å². The molecule has 0 saturated heterocycles. The zero-order valence-electron chi connectivity index (χ0n) is 24.2. The molecule has 3 aromatic carbocycles. The number of methoxy groups -OCH3 is 1. The van der Waals surface area contributed by atoms with E-state index in [9.17, 15) is 18.0 Å². The molecule has 1 N–H and O–H groups in total. The maximum atomic E-state index is 13.9. The van der Waals surface area contributed by atoms with Crippen LogP contribution in [-0.2, 0) is 32.6 Å². The summed E-state index contributed by atoms with van der Waals surface area (Å²) >= 11 is 12.3. The van der Waals surface area contributed by atoms with Gasteiger partial charge in [0.2, 0.25) is 21.8 Å². The number of anilines is 1. The van der Waals surface area contributed by atoms with Crippen LogP contribution in [0.5, 0.6) is 5.75 Å².